The summed E-state index contributed by atoms with van der Waals surface area (Å²) in [5.74, 6) is 0. The molecule has 1 unspecified atom stereocenters. The molecule has 92 valence electrons. The summed E-state index contributed by atoms with van der Waals surface area (Å²) in [5.41, 5.74) is 0.844. The topological polar surface area (TPSA) is 23.1 Å². The van der Waals surface area contributed by atoms with Gasteiger partial charge in [-0.15, -0.1) is 0 Å². The molecule has 2 nitrogen and oxygen atoms in total. The molecule has 0 saturated heterocycles. The maximum atomic E-state index is 13.0. The monoisotopic (exact) mass is 247 g/mol. The van der Waals surface area contributed by atoms with Crippen molar-refractivity contribution in [1.82, 2.24) is 0 Å². The fraction of sp³-hybridized carbons (Fsp3) is 0.0588. The zero-order chi connectivity index (χ0) is 12.9. The molecule has 0 radical (unpaired) electrons. The van der Waals surface area contributed by atoms with Crippen molar-refractivity contribution in [2.75, 3.05) is 6.54 Å². The molecule has 2 aromatic rings. The third kappa shape index (κ3) is 1.51. The van der Waals surface area contributed by atoms with Crippen molar-refractivity contribution in [3.05, 3.63) is 74.6 Å². The minimum absolute atomic E-state index is 0.381. The lowest BCUT2D eigenvalue weighted by Gasteiger charge is -2.41. The van der Waals surface area contributed by atoms with Crippen molar-refractivity contribution in [3.63, 3.8) is 0 Å². The van der Waals surface area contributed by atoms with Crippen LogP contribution in [0.2, 0.25) is 0 Å². The summed E-state index contributed by atoms with van der Waals surface area (Å²) in [4.78, 5) is 0. The molecule has 0 amide bonds. The first-order chi connectivity index (χ1) is 9.26. The van der Waals surface area contributed by atoms with Crippen molar-refractivity contribution < 1.29 is 4.65 Å². The molecule has 0 aromatic heterocycles. The number of hydrogen-bond donors (Lipinski definition) is 0. The Kier molecular flexibility index (Phi) is 2.07. The van der Waals surface area contributed by atoms with E-state index in [1.165, 1.54) is 0 Å². The number of benzene rings is 2. The van der Waals surface area contributed by atoms with Gasteiger partial charge in [-0.2, -0.15) is 0 Å². The Bertz CT molecular complexity index is 911. The van der Waals surface area contributed by atoms with Crippen molar-refractivity contribution in [2.24, 2.45) is 0 Å². The second-order valence-corrected chi connectivity index (χ2v) is 5.06. The largest absolute Gasteiger partial charge is 0.622 e. The summed E-state index contributed by atoms with van der Waals surface area (Å²) in [6.45, 7) is 0.469. The Morgan fingerprint density at radius 1 is 0.842 bits per heavy atom. The highest BCUT2D eigenvalue weighted by molar-refractivity contribution is 5.75. The molecule has 0 aliphatic carbocycles. The molecule has 2 aliphatic rings. The SMILES string of the molecule is [O-][N+]12C=c3ccccc3=CC1=c1ccccc1=CC2. The number of fused-ring (bicyclic) bond motifs is 3. The van der Waals surface area contributed by atoms with Gasteiger partial charge in [0.15, 0.2) is 0 Å². The van der Waals surface area contributed by atoms with E-state index in [2.05, 4.69) is 12.1 Å². The summed E-state index contributed by atoms with van der Waals surface area (Å²) < 4.78 is -0.381. The van der Waals surface area contributed by atoms with Gasteiger partial charge in [0.05, 0.1) is 0 Å². The molecule has 0 N–H and O–H groups in total. The van der Waals surface area contributed by atoms with E-state index in [0.717, 1.165) is 26.6 Å². The Morgan fingerprint density at radius 3 is 2.37 bits per heavy atom. The van der Waals surface area contributed by atoms with Gasteiger partial charge in [-0.3, -0.25) is 4.65 Å². The number of nitrogens with zero attached hydrogens (tertiary/aromatic N) is 1. The second kappa shape index (κ2) is 3.67. The Hall–Kier alpha value is -2.16. The number of rotatable bonds is 0. The fourth-order valence-corrected chi connectivity index (χ4v) is 2.89. The normalized spacial score (nSPS) is 23.1. The first-order valence-electron chi connectivity index (χ1n) is 6.45. The average molecular weight is 247 g/mol. The van der Waals surface area contributed by atoms with Crippen LogP contribution in [0.3, 0.4) is 0 Å². The molecule has 2 aromatic carbocycles. The van der Waals surface area contributed by atoms with E-state index in [1.807, 2.05) is 54.8 Å². The van der Waals surface area contributed by atoms with Gasteiger partial charge in [-0.25, -0.2) is 0 Å². The third-order valence-electron chi connectivity index (χ3n) is 3.86. The Labute approximate surface area is 110 Å². The standard InChI is InChI=1S/C17H13NO/c19-18-10-9-13-5-3-4-8-16(13)17(18)11-14-6-1-2-7-15(14)12-18/h1-9,11-12H,10H2. The van der Waals surface area contributed by atoms with Crippen LogP contribution in [0.25, 0.3) is 24.0 Å². The van der Waals surface area contributed by atoms with E-state index in [1.54, 1.807) is 0 Å². The van der Waals surface area contributed by atoms with E-state index in [0.29, 0.717) is 6.54 Å². The molecule has 0 bridgehead atoms. The number of quaternary nitrogens is 1. The van der Waals surface area contributed by atoms with Crippen LogP contribution in [0.5, 0.6) is 0 Å². The van der Waals surface area contributed by atoms with Crippen molar-refractivity contribution in [1.29, 1.82) is 0 Å². The van der Waals surface area contributed by atoms with Crippen LogP contribution in [0.4, 0.5) is 0 Å². The van der Waals surface area contributed by atoms with Gasteiger partial charge in [0.2, 0.25) is 0 Å². The number of hydroxylamine groups is 3. The Balaban J connectivity index is 2.22. The quantitative estimate of drug-likeness (QED) is 0.479. The molecule has 2 heteroatoms. The first kappa shape index (κ1) is 10.7. The highest BCUT2D eigenvalue weighted by Crippen LogP contribution is 2.21. The third-order valence-corrected chi connectivity index (χ3v) is 3.86. The highest BCUT2D eigenvalue weighted by atomic mass is 16.5. The van der Waals surface area contributed by atoms with E-state index >= 15 is 0 Å². The molecule has 2 aliphatic heterocycles. The zero-order valence-electron chi connectivity index (χ0n) is 10.4. The number of hydrogen-bond acceptors (Lipinski definition) is 1. The Morgan fingerprint density at radius 2 is 1.53 bits per heavy atom. The maximum Gasteiger partial charge on any atom is 0.146 e. The lowest BCUT2D eigenvalue weighted by Crippen LogP contribution is -2.50. The van der Waals surface area contributed by atoms with Gasteiger partial charge in [0.25, 0.3) is 0 Å². The average Bonchev–Trinajstić information content (AvgIpc) is 2.45. The van der Waals surface area contributed by atoms with Crippen molar-refractivity contribution >= 4 is 24.0 Å². The summed E-state index contributed by atoms with van der Waals surface area (Å²) >= 11 is 0. The molecule has 19 heavy (non-hydrogen) atoms. The van der Waals surface area contributed by atoms with Gasteiger partial charge >= 0.3 is 0 Å². The summed E-state index contributed by atoms with van der Waals surface area (Å²) in [5, 5.41) is 17.4. The highest BCUT2D eigenvalue weighted by Gasteiger charge is 2.24. The lowest BCUT2D eigenvalue weighted by molar-refractivity contribution is -0.712. The smallest absolute Gasteiger partial charge is 0.146 e. The van der Waals surface area contributed by atoms with Crippen LogP contribution in [0, 0.1) is 5.21 Å². The van der Waals surface area contributed by atoms with E-state index < -0.39 is 0 Å². The van der Waals surface area contributed by atoms with E-state index in [9.17, 15) is 5.21 Å². The van der Waals surface area contributed by atoms with Crippen LogP contribution >= 0.6 is 0 Å². The molecule has 0 fully saturated rings. The predicted molar refractivity (Wildman–Crippen MR) is 76.7 cm³/mol. The van der Waals surface area contributed by atoms with Crippen molar-refractivity contribution in [3.8, 4) is 0 Å². The van der Waals surface area contributed by atoms with Gasteiger partial charge in [0, 0.05) is 16.5 Å². The lowest BCUT2D eigenvalue weighted by atomic mass is 10.1. The molecule has 0 spiro atoms. The minimum Gasteiger partial charge on any atom is -0.622 e. The van der Waals surface area contributed by atoms with Crippen LogP contribution < -0.4 is 20.9 Å². The van der Waals surface area contributed by atoms with Gasteiger partial charge in [-0.05, 0) is 28.6 Å². The van der Waals surface area contributed by atoms with Crippen LogP contribution in [-0.2, 0) is 0 Å². The van der Waals surface area contributed by atoms with Crippen LogP contribution in [0.15, 0.2) is 48.5 Å². The fourth-order valence-electron chi connectivity index (χ4n) is 2.89. The van der Waals surface area contributed by atoms with E-state index in [4.69, 9.17) is 0 Å². The molecule has 1 atom stereocenters. The first-order valence-corrected chi connectivity index (χ1v) is 6.45. The molecular weight excluding hydrogens is 234 g/mol. The maximum absolute atomic E-state index is 13.0. The van der Waals surface area contributed by atoms with E-state index in [-0.39, 0.29) is 4.65 Å². The van der Waals surface area contributed by atoms with Gasteiger partial charge < -0.3 is 5.21 Å². The zero-order valence-corrected chi connectivity index (χ0v) is 10.4. The summed E-state index contributed by atoms with van der Waals surface area (Å²) in [6, 6.07) is 16.1. The predicted octanol–water partition coefficient (Wildman–Crippen LogP) is 0.136. The van der Waals surface area contributed by atoms with Crippen LogP contribution in [0.1, 0.15) is 0 Å². The summed E-state index contributed by atoms with van der Waals surface area (Å²) in [6.07, 6.45) is 5.88. The van der Waals surface area contributed by atoms with Gasteiger partial charge in [0.1, 0.15) is 18.4 Å². The molecule has 2 heterocycles. The summed E-state index contributed by atoms with van der Waals surface area (Å²) in [7, 11) is 0. The molecule has 4 rings (SSSR count). The van der Waals surface area contributed by atoms with Crippen LogP contribution in [-0.4, -0.2) is 11.2 Å². The minimum atomic E-state index is -0.381. The van der Waals surface area contributed by atoms with Crippen molar-refractivity contribution in [2.45, 2.75) is 0 Å². The second-order valence-electron chi connectivity index (χ2n) is 5.06. The molecular formula is C17H13NO. The van der Waals surface area contributed by atoms with Gasteiger partial charge in [-0.1, -0.05) is 36.4 Å². The molecule has 0 saturated carbocycles.